The molecule has 0 fully saturated rings. The molecular formula is C68H80Br4N12NiPd4. The normalized spacial score (nSPS) is 11.7. The van der Waals surface area contributed by atoms with Crippen molar-refractivity contribution in [3.05, 3.63) is 164 Å². The van der Waals surface area contributed by atoms with E-state index in [1.165, 1.54) is 0 Å². The van der Waals surface area contributed by atoms with Crippen LogP contribution in [0.15, 0.2) is 72.8 Å². The number of hydrogen-bond donors (Lipinski definition) is 0. The fourth-order valence-electron chi connectivity index (χ4n) is 11.0. The van der Waals surface area contributed by atoms with E-state index in [1.54, 1.807) is 0 Å². The Bertz CT molecular complexity index is 3080. The maximum Gasteiger partial charge on any atom is 2.00 e. The summed E-state index contributed by atoms with van der Waals surface area (Å²) in [5, 5.41) is 0. The molecule has 5 heterocycles. The van der Waals surface area contributed by atoms with Gasteiger partial charge in [-0.2, -0.15) is 72.8 Å². The summed E-state index contributed by atoms with van der Waals surface area (Å²) in [6.45, 7) is 5.83. The van der Waals surface area contributed by atoms with Crippen molar-refractivity contribution in [3.63, 3.8) is 0 Å². The summed E-state index contributed by atoms with van der Waals surface area (Å²) in [5.41, 5.74) is 23.3. The molecule has 0 radical (unpaired) electrons. The van der Waals surface area contributed by atoms with Gasteiger partial charge in [0, 0.05) is 52.4 Å². The van der Waals surface area contributed by atoms with Gasteiger partial charge in [0.2, 0.25) is 0 Å². The standard InChI is InChI=1S/C68H80N12.4BrH.Ni.4Pd/c1-73(2)37-45-25-46(38-74(3)4)30-53(29-45)65-57-17-19-59(69-57)66(54-31-47(39-75(5)6)26-48(32-54)40-76(7)8)61-21-23-63(71-61)68(56-35-51(43-79(13)14)28-52(36-56)44-80(15)16)64-24-22-62(72-64)67(60-20-18-58(65)70-60)55-33-49(41-77(9)10)27-50(34-55)42-78(11)12;;;;;;;;;/h17-24,29-36H,37-44H2,1-16H3;4*1H;;;;;/q-6;;;;;5*+2/p-4. The average molecular weight is 1870 g/mol. The van der Waals surface area contributed by atoms with Crippen molar-refractivity contribution >= 4 is 100 Å². The number of aromatic nitrogens is 4. The first-order chi connectivity index (χ1) is 42.1. The van der Waals surface area contributed by atoms with Crippen molar-refractivity contribution < 1.29 is 85.2 Å². The molecule has 3 aromatic heterocycles. The second kappa shape index (κ2) is 39.3. The van der Waals surface area contributed by atoms with Crippen molar-refractivity contribution in [2.24, 2.45) is 0 Å². The van der Waals surface area contributed by atoms with Crippen molar-refractivity contribution in [1.29, 1.82) is 0 Å². The number of halogens is 4. The molecule has 0 N–H and O–H groups in total. The van der Waals surface area contributed by atoms with E-state index in [2.05, 4.69) is 396 Å². The van der Waals surface area contributed by atoms with E-state index in [0.29, 0.717) is 0 Å². The quantitative estimate of drug-likeness (QED) is 0.0539. The Morgan fingerprint density at radius 3 is 0.573 bits per heavy atom. The zero-order chi connectivity index (χ0) is 65.1. The van der Waals surface area contributed by atoms with Crippen LogP contribution in [0.5, 0.6) is 0 Å². The maximum absolute atomic E-state index is 5.74. The van der Waals surface area contributed by atoms with Crippen molar-refractivity contribution in [1.82, 2.24) is 59.1 Å². The molecule has 0 spiro atoms. The molecule has 0 unspecified atom stereocenters. The Labute approximate surface area is 611 Å². The Hall–Kier alpha value is -1.78. The van der Waals surface area contributed by atoms with Gasteiger partial charge in [-0.25, -0.2) is 9.97 Å². The van der Waals surface area contributed by atoms with Crippen LogP contribution in [0, 0.1) is 24.3 Å². The minimum atomic E-state index is 0. The molecule has 89 heavy (non-hydrogen) atoms. The average Bonchev–Trinajstić information content (AvgIpc) is 1.71. The van der Waals surface area contributed by atoms with E-state index in [9.17, 15) is 0 Å². The predicted octanol–water partition coefficient (Wildman–Crippen LogP) is 13.6. The summed E-state index contributed by atoms with van der Waals surface area (Å²) < 4.78 is 0. The molecule has 8 bridgehead atoms. The zero-order valence-electron chi connectivity index (χ0n) is 53.4. The molecule has 0 amide bonds. The van der Waals surface area contributed by atoms with Crippen LogP contribution in [0.3, 0.4) is 0 Å². The molecular weight excluding hydrogens is 1790 g/mol. The van der Waals surface area contributed by atoms with Gasteiger partial charge in [-0.1, -0.05) is 24.3 Å². The molecule has 4 aromatic carbocycles. The fraction of sp³-hybridized carbons (Fsp3) is 0.353. The molecule has 2 aliphatic heterocycles. The minimum absolute atomic E-state index is 0. The van der Waals surface area contributed by atoms with E-state index < -0.39 is 0 Å². The van der Waals surface area contributed by atoms with Crippen LogP contribution in [0.25, 0.3) is 90.9 Å². The van der Waals surface area contributed by atoms with Gasteiger partial charge in [-0.3, -0.25) is 0 Å². The Morgan fingerprint density at radius 2 is 0.438 bits per heavy atom. The van der Waals surface area contributed by atoms with Gasteiger partial charge in [-0.05, 0) is 159 Å². The van der Waals surface area contributed by atoms with E-state index >= 15 is 0 Å². The molecule has 0 saturated carbocycles. The first kappa shape index (κ1) is 79.7. The third-order valence-corrected chi connectivity index (χ3v) is 13.6. The van der Waals surface area contributed by atoms with E-state index in [4.69, 9.17) is 19.9 Å². The van der Waals surface area contributed by atoms with Gasteiger partial charge in [-0.15, -0.1) is 88.8 Å². The Morgan fingerprint density at radius 1 is 0.292 bits per heavy atom. The van der Waals surface area contributed by atoms with Crippen LogP contribution in [0.2, 0.25) is 0 Å². The number of fused-ring (bicyclic) bond motifs is 8. The summed E-state index contributed by atoms with van der Waals surface area (Å²) in [6, 6.07) is 41.9. The molecule has 0 atom stereocenters. The van der Waals surface area contributed by atoms with E-state index in [0.717, 1.165) is 186 Å². The van der Waals surface area contributed by atoms with E-state index in [1.807, 2.05) is 0 Å². The largest absolute Gasteiger partial charge is 2.00 e. The van der Waals surface area contributed by atoms with Crippen molar-refractivity contribution in [2.75, 3.05) is 113 Å². The van der Waals surface area contributed by atoms with Crippen LogP contribution in [-0.2, 0) is 138 Å². The maximum atomic E-state index is 5.74. The molecule has 9 rings (SSSR count). The summed E-state index contributed by atoms with van der Waals surface area (Å²) in [4.78, 5) is 40.5. The van der Waals surface area contributed by atoms with Crippen LogP contribution in [0.1, 0.15) is 67.3 Å². The van der Waals surface area contributed by atoms with Gasteiger partial charge in [0.15, 0.2) is 0 Å². The Kier molecular flexibility index (Phi) is 35.2. The Balaban J connectivity index is 0.00000181. The first-order valence-electron chi connectivity index (χ1n) is 28.0. The first-order valence-corrected chi connectivity index (χ1v) is 42.3. The van der Waals surface area contributed by atoms with Crippen LogP contribution < -0.4 is 9.97 Å². The van der Waals surface area contributed by atoms with Gasteiger partial charge in [0.25, 0.3) is 0 Å². The SMILES string of the molecule is CN(C)Cc1[c-]c(CN(C)C)cc(-c2c3nc(c(-c4cc(CN(C)C)[c-]c(CN(C)C)c4)c4ccc([n-]4)c(-c4cc(CN(C)C)[c-]c(CN(C)C)c4)c4nc(c(-c5cc(CN(C)C)[c-]c(CN(C)C)c5)c5ccc2[n-]5)C=C4)C=C3)c1.[Br][Pd+].[Br][Pd+].[Br][Pd+].[Br][Pd+].[Ni+2]. The molecule has 490 valence electrons. The summed E-state index contributed by atoms with van der Waals surface area (Å²) >= 11 is 21.4. The van der Waals surface area contributed by atoms with Crippen LogP contribution in [0.4, 0.5) is 0 Å². The van der Waals surface area contributed by atoms with Gasteiger partial charge < -0.3 is 49.2 Å². The predicted molar refractivity (Wildman–Crippen MR) is 369 cm³/mol. The monoisotopic (exact) mass is 1860 g/mol. The molecule has 21 heteroatoms. The number of benzene rings is 4. The number of rotatable bonds is 20. The van der Waals surface area contributed by atoms with Crippen molar-refractivity contribution in [2.45, 2.75) is 52.4 Å². The summed E-state index contributed by atoms with van der Waals surface area (Å²) in [6.07, 6.45) is 8.69. The molecule has 0 aliphatic carbocycles. The number of hydrogen-bond acceptors (Lipinski definition) is 10. The summed E-state index contributed by atoms with van der Waals surface area (Å²) in [7, 11) is 33.7. The molecule has 0 saturated heterocycles. The van der Waals surface area contributed by atoms with E-state index in [-0.39, 0.29) is 16.5 Å². The van der Waals surface area contributed by atoms with Gasteiger partial charge in [0.1, 0.15) is 0 Å². The number of nitrogens with zero attached hydrogens (tertiary/aromatic N) is 12. The molecule has 2 aliphatic rings. The molecule has 7 aromatic rings. The van der Waals surface area contributed by atoms with Crippen LogP contribution >= 0.6 is 53.7 Å². The topological polar surface area (TPSA) is 79.9 Å². The smallest absolute Gasteiger partial charge is 2.00 e. The third kappa shape index (κ3) is 23.2. The minimum Gasteiger partial charge on any atom is 2.00 e. The summed E-state index contributed by atoms with van der Waals surface area (Å²) in [5.74, 6) is 0. The zero-order valence-corrected chi connectivity index (χ0v) is 66.9. The second-order valence-corrected chi connectivity index (χ2v) is 23.9. The fourth-order valence-corrected chi connectivity index (χ4v) is 11.0. The second-order valence-electron chi connectivity index (χ2n) is 23.9. The van der Waals surface area contributed by atoms with Gasteiger partial charge in [0.05, 0.1) is 22.8 Å². The third-order valence-electron chi connectivity index (χ3n) is 13.6. The molecule has 12 nitrogen and oxygen atoms in total. The van der Waals surface area contributed by atoms with Gasteiger partial charge >= 0.3 is 139 Å². The van der Waals surface area contributed by atoms with Crippen molar-refractivity contribution in [3.8, 4) is 44.5 Å². The van der Waals surface area contributed by atoms with Crippen LogP contribution in [-0.4, -0.2) is 162 Å².